The van der Waals surface area contributed by atoms with E-state index in [1.165, 1.54) is 11.8 Å². The van der Waals surface area contributed by atoms with Crippen LogP contribution in [0.3, 0.4) is 0 Å². The van der Waals surface area contributed by atoms with E-state index in [1.807, 2.05) is 58.9 Å². The number of halogens is 1. The Balaban J connectivity index is 2.75. The van der Waals surface area contributed by atoms with Gasteiger partial charge in [0.15, 0.2) is 0 Å². The first-order valence-electron chi connectivity index (χ1n) is 5.78. The van der Waals surface area contributed by atoms with Crippen LogP contribution in [0.1, 0.15) is 34.6 Å². The highest BCUT2D eigenvalue weighted by Crippen LogP contribution is 2.34. The van der Waals surface area contributed by atoms with Crippen LogP contribution >= 0.6 is 23.4 Å². The van der Waals surface area contributed by atoms with Crippen LogP contribution in [0.5, 0.6) is 0 Å². The van der Waals surface area contributed by atoms with Gasteiger partial charge in [0.25, 0.3) is 0 Å². The van der Waals surface area contributed by atoms with E-state index in [1.54, 1.807) is 0 Å². The lowest BCUT2D eigenvalue weighted by atomic mass is 10.1. The van der Waals surface area contributed by atoms with E-state index in [-0.39, 0.29) is 5.97 Å². The van der Waals surface area contributed by atoms with Crippen molar-refractivity contribution in [2.75, 3.05) is 0 Å². The van der Waals surface area contributed by atoms with Crippen LogP contribution in [0, 0.1) is 0 Å². The first-order valence-corrected chi connectivity index (χ1v) is 6.98. The fourth-order valence-corrected chi connectivity index (χ4v) is 2.35. The van der Waals surface area contributed by atoms with E-state index >= 15 is 0 Å². The number of rotatable bonds is 3. The highest BCUT2D eigenvalue weighted by atomic mass is 35.5. The van der Waals surface area contributed by atoms with Gasteiger partial charge >= 0.3 is 5.97 Å². The molecule has 0 saturated heterocycles. The van der Waals surface area contributed by atoms with E-state index < -0.39 is 10.3 Å². The molecule has 0 aliphatic rings. The molecule has 0 spiro atoms. The molecule has 0 N–H and O–H groups in total. The summed E-state index contributed by atoms with van der Waals surface area (Å²) in [5.41, 5.74) is -0.463. The first kappa shape index (κ1) is 15.4. The zero-order chi connectivity index (χ0) is 14.0. The molecule has 18 heavy (non-hydrogen) atoms. The molecule has 0 bridgehead atoms. The minimum atomic E-state index is -0.624. The minimum Gasteiger partial charge on any atom is -0.459 e. The molecule has 0 heterocycles. The Morgan fingerprint density at radius 2 is 1.61 bits per heavy atom. The monoisotopic (exact) mass is 286 g/mol. The molecule has 0 amide bonds. The lowest BCUT2D eigenvalue weighted by Crippen LogP contribution is -2.36. The van der Waals surface area contributed by atoms with E-state index in [0.29, 0.717) is 5.02 Å². The normalized spacial score (nSPS) is 12.3. The molecule has 0 unspecified atom stereocenters. The van der Waals surface area contributed by atoms with Crippen LogP contribution in [0.25, 0.3) is 0 Å². The van der Waals surface area contributed by atoms with Gasteiger partial charge < -0.3 is 4.74 Å². The average molecular weight is 287 g/mol. The van der Waals surface area contributed by atoms with Crippen molar-refractivity contribution < 1.29 is 9.53 Å². The van der Waals surface area contributed by atoms with E-state index in [4.69, 9.17) is 16.3 Å². The van der Waals surface area contributed by atoms with Crippen LogP contribution in [0.15, 0.2) is 29.2 Å². The van der Waals surface area contributed by atoms with Crippen molar-refractivity contribution >= 4 is 29.3 Å². The van der Waals surface area contributed by atoms with Crippen molar-refractivity contribution in [3.05, 3.63) is 29.3 Å². The number of esters is 1. The zero-order valence-corrected chi connectivity index (χ0v) is 13.0. The van der Waals surface area contributed by atoms with Gasteiger partial charge in [0.05, 0.1) is 0 Å². The Kier molecular flexibility index (Phi) is 4.73. The van der Waals surface area contributed by atoms with Crippen molar-refractivity contribution in [1.82, 2.24) is 0 Å². The molecule has 1 aromatic rings. The number of benzene rings is 1. The maximum Gasteiger partial charge on any atom is 0.322 e. The first-order chi connectivity index (χ1) is 8.10. The van der Waals surface area contributed by atoms with Gasteiger partial charge in [-0.05, 0) is 58.9 Å². The fraction of sp³-hybridized carbons (Fsp3) is 0.500. The summed E-state index contributed by atoms with van der Waals surface area (Å²) in [5.74, 6) is -0.213. The summed E-state index contributed by atoms with van der Waals surface area (Å²) in [5, 5.41) is 0.689. The Bertz CT molecular complexity index is 418. The number of hydrogen-bond donors (Lipinski definition) is 0. The molecule has 1 aromatic carbocycles. The van der Waals surface area contributed by atoms with Gasteiger partial charge in [-0.25, -0.2) is 0 Å². The third kappa shape index (κ3) is 4.91. The minimum absolute atomic E-state index is 0.213. The number of thioether (sulfide) groups is 1. The summed E-state index contributed by atoms with van der Waals surface area (Å²) in [6.45, 7) is 9.33. The van der Waals surface area contributed by atoms with Crippen LogP contribution in [-0.4, -0.2) is 16.3 Å². The summed E-state index contributed by atoms with van der Waals surface area (Å²) in [4.78, 5) is 13.1. The average Bonchev–Trinajstić information content (AvgIpc) is 2.18. The van der Waals surface area contributed by atoms with Crippen molar-refractivity contribution in [2.24, 2.45) is 0 Å². The predicted octanol–water partition coefficient (Wildman–Crippen LogP) is 4.55. The van der Waals surface area contributed by atoms with E-state index in [0.717, 1.165) is 4.90 Å². The topological polar surface area (TPSA) is 26.3 Å². The van der Waals surface area contributed by atoms with Crippen molar-refractivity contribution in [2.45, 2.75) is 49.9 Å². The summed E-state index contributed by atoms with van der Waals surface area (Å²) in [6.07, 6.45) is 0. The number of carbonyl (C=O) groups excluding carboxylic acids is 1. The second kappa shape index (κ2) is 5.54. The van der Waals surface area contributed by atoms with Gasteiger partial charge in [-0.2, -0.15) is 0 Å². The molecule has 0 saturated carbocycles. The van der Waals surface area contributed by atoms with Crippen LogP contribution < -0.4 is 0 Å². The quantitative estimate of drug-likeness (QED) is 0.602. The van der Waals surface area contributed by atoms with Gasteiger partial charge in [0.1, 0.15) is 10.3 Å². The second-order valence-corrected chi connectivity index (χ2v) is 7.70. The number of ether oxygens (including phenoxy) is 1. The lowest BCUT2D eigenvalue weighted by Gasteiger charge is -2.28. The summed E-state index contributed by atoms with van der Waals surface area (Å²) in [7, 11) is 0. The molecule has 4 heteroatoms. The van der Waals surface area contributed by atoms with Crippen molar-refractivity contribution in [3.63, 3.8) is 0 Å². The van der Waals surface area contributed by atoms with E-state index in [9.17, 15) is 4.79 Å². The number of carbonyl (C=O) groups is 1. The lowest BCUT2D eigenvalue weighted by molar-refractivity contribution is -0.156. The predicted molar refractivity (Wildman–Crippen MR) is 77.2 cm³/mol. The summed E-state index contributed by atoms with van der Waals surface area (Å²) < 4.78 is 4.79. The van der Waals surface area contributed by atoms with Gasteiger partial charge in [-0.1, -0.05) is 11.6 Å². The molecule has 0 aromatic heterocycles. The highest BCUT2D eigenvalue weighted by Gasteiger charge is 2.33. The Morgan fingerprint density at radius 1 is 1.11 bits per heavy atom. The number of hydrogen-bond acceptors (Lipinski definition) is 3. The fourth-order valence-electron chi connectivity index (χ4n) is 1.24. The molecule has 0 radical (unpaired) electrons. The van der Waals surface area contributed by atoms with E-state index in [2.05, 4.69) is 0 Å². The van der Waals surface area contributed by atoms with Gasteiger partial charge in [0, 0.05) is 9.92 Å². The highest BCUT2D eigenvalue weighted by molar-refractivity contribution is 8.01. The van der Waals surface area contributed by atoms with Gasteiger partial charge in [0.2, 0.25) is 0 Å². The third-order valence-electron chi connectivity index (χ3n) is 2.08. The second-order valence-electron chi connectivity index (χ2n) is 5.57. The Labute approximate surface area is 118 Å². The van der Waals surface area contributed by atoms with Crippen molar-refractivity contribution in [1.29, 1.82) is 0 Å². The molecule has 0 fully saturated rings. The molecule has 100 valence electrons. The Morgan fingerprint density at radius 3 is 2.06 bits per heavy atom. The van der Waals surface area contributed by atoms with Crippen LogP contribution in [-0.2, 0) is 9.53 Å². The maximum atomic E-state index is 12.1. The zero-order valence-electron chi connectivity index (χ0n) is 11.4. The molecule has 0 atom stereocenters. The molecule has 1 rings (SSSR count). The molecular weight excluding hydrogens is 268 g/mol. The third-order valence-corrected chi connectivity index (χ3v) is 3.51. The van der Waals surface area contributed by atoms with Gasteiger partial charge in [-0.15, -0.1) is 11.8 Å². The van der Waals surface area contributed by atoms with Crippen LogP contribution in [0.2, 0.25) is 5.02 Å². The standard InChI is InChI=1S/C14H19ClO2S/c1-13(2,3)17-12(16)14(4,5)18-11-8-6-10(15)7-9-11/h6-9H,1-5H3. The van der Waals surface area contributed by atoms with Crippen LogP contribution in [0.4, 0.5) is 0 Å². The van der Waals surface area contributed by atoms with Gasteiger partial charge in [-0.3, -0.25) is 4.79 Å². The molecule has 2 nitrogen and oxygen atoms in total. The molecule has 0 aliphatic heterocycles. The summed E-state index contributed by atoms with van der Waals surface area (Å²) in [6, 6.07) is 7.43. The largest absolute Gasteiger partial charge is 0.459 e. The van der Waals surface area contributed by atoms with Crippen molar-refractivity contribution in [3.8, 4) is 0 Å². The maximum absolute atomic E-state index is 12.1. The SMILES string of the molecule is CC(C)(C)OC(=O)C(C)(C)Sc1ccc(Cl)cc1. The molecular formula is C14H19ClO2S. The Hall–Kier alpha value is -0.670. The summed E-state index contributed by atoms with van der Waals surface area (Å²) >= 11 is 7.30. The molecule has 0 aliphatic carbocycles. The smallest absolute Gasteiger partial charge is 0.322 e.